The van der Waals surface area contributed by atoms with Crippen LogP contribution in [0.5, 0.6) is 0 Å². The van der Waals surface area contributed by atoms with Crippen LogP contribution in [0.25, 0.3) is 0 Å². The Morgan fingerprint density at radius 3 is 1.38 bits per heavy atom. The zero-order chi connectivity index (χ0) is 10.4. The SMILES string of the molecule is OC1[C@H](O)[C@H](O)C(O)(F)[C@@H](O)[C@H]1O. The molecule has 0 radical (unpaired) electrons. The summed E-state index contributed by atoms with van der Waals surface area (Å²) < 4.78 is 13.0. The molecule has 78 valence electrons. The molecule has 1 aliphatic carbocycles. The molecule has 0 aliphatic heterocycles. The molecule has 6 nitrogen and oxygen atoms in total. The number of hydrogen-bond acceptors (Lipinski definition) is 6. The van der Waals surface area contributed by atoms with Crippen LogP contribution in [0, 0.1) is 0 Å². The van der Waals surface area contributed by atoms with Crippen molar-refractivity contribution in [3.8, 4) is 0 Å². The van der Waals surface area contributed by atoms with Crippen LogP contribution in [0.1, 0.15) is 0 Å². The first kappa shape index (κ1) is 10.8. The van der Waals surface area contributed by atoms with E-state index in [1.165, 1.54) is 0 Å². The average molecular weight is 198 g/mol. The van der Waals surface area contributed by atoms with Gasteiger partial charge in [0.05, 0.1) is 0 Å². The van der Waals surface area contributed by atoms with Crippen LogP contribution < -0.4 is 0 Å². The summed E-state index contributed by atoms with van der Waals surface area (Å²) in [4.78, 5) is 0. The van der Waals surface area contributed by atoms with E-state index in [1.807, 2.05) is 0 Å². The first-order valence-electron chi connectivity index (χ1n) is 3.61. The molecule has 1 saturated carbocycles. The second-order valence-corrected chi connectivity index (χ2v) is 3.09. The Bertz CT molecular complexity index is 180. The summed E-state index contributed by atoms with van der Waals surface area (Å²) in [6.45, 7) is 0. The minimum absolute atomic E-state index is 1.90. The maximum absolute atomic E-state index is 13.0. The zero-order valence-electron chi connectivity index (χ0n) is 6.45. The third-order valence-corrected chi connectivity index (χ3v) is 2.18. The molecule has 13 heavy (non-hydrogen) atoms. The number of aliphatic hydroxyl groups excluding tert-OH is 5. The van der Waals surface area contributed by atoms with Gasteiger partial charge in [0.1, 0.15) is 30.5 Å². The van der Waals surface area contributed by atoms with Crippen LogP contribution in [0.15, 0.2) is 0 Å². The van der Waals surface area contributed by atoms with Crippen molar-refractivity contribution < 1.29 is 35.0 Å². The van der Waals surface area contributed by atoms with Crippen molar-refractivity contribution in [3.05, 3.63) is 0 Å². The number of hydrogen-bond donors (Lipinski definition) is 6. The molecule has 6 N–H and O–H groups in total. The summed E-state index contributed by atoms with van der Waals surface area (Å²) in [5.41, 5.74) is 0. The predicted octanol–water partition coefficient (Wildman–Crippen LogP) is -3.54. The van der Waals surface area contributed by atoms with Crippen LogP contribution in [-0.4, -0.2) is 67.0 Å². The second-order valence-electron chi connectivity index (χ2n) is 3.09. The lowest BCUT2D eigenvalue weighted by Crippen LogP contribution is -2.68. The first-order valence-corrected chi connectivity index (χ1v) is 3.61. The van der Waals surface area contributed by atoms with E-state index in [2.05, 4.69) is 0 Å². The smallest absolute Gasteiger partial charge is 0.264 e. The van der Waals surface area contributed by atoms with Crippen LogP contribution in [0.2, 0.25) is 0 Å². The van der Waals surface area contributed by atoms with E-state index in [1.54, 1.807) is 0 Å². The largest absolute Gasteiger partial charge is 0.387 e. The van der Waals surface area contributed by atoms with E-state index in [0.29, 0.717) is 0 Å². The Labute approximate surface area is 72.5 Å². The van der Waals surface area contributed by atoms with Gasteiger partial charge in [-0.05, 0) is 0 Å². The van der Waals surface area contributed by atoms with Gasteiger partial charge in [-0.1, -0.05) is 0 Å². The van der Waals surface area contributed by atoms with Gasteiger partial charge in [-0.3, -0.25) is 0 Å². The highest BCUT2D eigenvalue weighted by Gasteiger charge is 2.58. The maximum atomic E-state index is 13.0. The molecule has 1 rings (SSSR count). The normalized spacial score (nSPS) is 57.9. The highest BCUT2D eigenvalue weighted by atomic mass is 19.2. The third kappa shape index (κ3) is 1.43. The first-order chi connectivity index (χ1) is 5.80. The molecule has 1 aliphatic rings. The van der Waals surface area contributed by atoms with Crippen molar-refractivity contribution in [2.24, 2.45) is 0 Å². The topological polar surface area (TPSA) is 121 Å². The quantitative estimate of drug-likeness (QED) is 0.240. The molecule has 7 heteroatoms. The number of alkyl halides is 1. The highest BCUT2D eigenvalue weighted by Crippen LogP contribution is 2.31. The zero-order valence-corrected chi connectivity index (χ0v) is 6.45. The molecular formula is C6H11FO6. The molecule has 0 aromatic carbocycles. The highest BCUT2D eigenvalue weighted by molar-refractivity contribution is 5.02. The molecule has 0 spiro atoms. The molecule has 0 unspecified atom stereocenters. The minimum Gasteiger partial charge on any atom is -0.387 e. The summed E-state index contributed by atoms with van der Waals surface area (Å²) in [5.74, 6) is -3.53. The molecule has 0 amide bonds. The van der Waals surface area contributed by atoms with E-state index in [9.17, 15) is 4.39 Å². The van der Waals surface area contributed by atoms with Gasteiger partial charge < -0.3 is 30.6 Å². The molecule has 1 fully saturated rings. The van der Waals surface area contributed by atoms with Gasteiger partial charge in [-0.2, -0.15) is 0 Å². The summed E-state index contributed by atoms with van der Waals surface area (Å²) in [7, 11) is 0. The second kappa shape index (κ2) is 3.12. The summed E-state index contributed by atoms with van der Waals surface area (Å²) >= 11 is 0. The van der Waals surface area contributed by atoms with Gasteiger partial charge in [-0.25, -0.2) is 4.39 Å². The Morgan fingerprint density at radius 2 is 1.08 bits per heavy atom. The minimum atomic E-state index is -3.53. The van der Waals surface area contributed by atoms with Crippen molar-refractivity contribution in [2.75, 3.05) is 0 Å². The Hall–Kier alpha value is -0.310. The number of aliphatic hydroxyl groups is 6. The Kier molecular flexibility index (Phi) is 2.59. The van der Waals surface area contributed by atoms with Crippen LogP contribution in [0.3, 0.4) is 0 Å². The van der Waals surface area contributed by atoms with Crippen LogP contribution in [0.4, 0.5) is 4.39 Å². The lowest BCUT2D eigenvalue weighted by atomic mass is 9.83. The predicted molar refractivity (Wildman–Crippen MR) is 36.1 cm³/mol. The maximum Gasteiger partial charge on any atom is 0.264 e. The molecule has 4 atom stereocenters. The van der Waals surface area contributed by atoms with Gasteiger partial charge >= 0.3 is 0 Å². The van der Waals surface area contributed by atoms with E-state index >= 15 is 0 Å². The van der Waals surface area contributed by atoms with Crippen molar-refractivity contribution in [2.45, 2.75) is 36.4 Å². The van der Waals surface area contributed by atoms with E-state index < -0.39 is 36.4 Å². The summed E-state index contributed by atoms with van der Waals surface area (Å²) in [5, 5.41) is 53.2. The number of halogens is 1. The van der Waals surface area contributed by atoms with Crippen LogP contribution in [-0.2, 0) is 0 Å². The van der Waals surface area contributed by atoms with Gasteiger partial charge in [0.25, 0.3) is 5.85 Å². The fourth-order valence-corrected chi connectivity index (χ4v) is 1.23. The molecule has 0 aromatic heterocycles. The number of rotatable bonds is 0. The fourth-order valence-electron chi connectivity index (χ4n) is 1.23. The molecule has 0 aromatic rings. The van der Waals surface area contributed by atoms with Gasteiger partial charge in [-0.15, -0.1) is 0 Å². The van der Waals surface area contributed by atoms with Gasteiger partial charge in [0.15, 0.2) is 0 Å². The summed E-state index contributed by atoms with van der Waals surface area (Å²) in [6, 6.07) is 0. The van der Waals surface area contributed by atoms with E-state index in [-0.39, 0.29) is 0 Å². The Morgan fingerprint density at radius 1 is 0.769 bits per heavy atom. The van der Waals surface area contributed by atoms with E-state index in [0.717, 1.165) is 0 Å². The lowest BCUT2D eigenvalue weighted by Gasteiger charge is -2.42. The van der Waals surface area contributed by atoms with Crippen molar-refractivity contribution in [3.63, 3.8) is 0 Å². The molecular weight excluding hydrogens is 187 g/mol. The van der Waals surface area contributed by atoms with E-state index in [4.69, 9.17) is 30.6 Å². The molecule has 0 heterocycles. The van der Waals surface area contributed by atoms with Crippen molar-refractivity contribution in [1.29, 1.82) is 0 Å². The van der Waals surface area contributed by atoms with Gasteiger partial charge in [0.2, 0.25) is 0 Å². The Balaban J connectivity index is 2.93. The monoisotopic (exact) mass is 198 g/mol. The standard InChI is InChI=1S/C6H11FO6/c7-6(13)4(11)2(9)1(8)3(10)5(6)12/h1-5,8-13H/t1?,2-,3-,4-,5-,6?/m0/s1. The fraction of sp³-hybridized carbons (Fsp3) is 1.00. The third-order valence-electron chi connectivity index (χ3n) is 2.18. The van der Waals surface area contributed by atoms with Crippen LogP contribution >= 0.6 is 0 Å². The van der Waals surface area contributed by atoms with Gasteiger partial charge in [0, 0.05) is 0 Å². The lowest BCUT2D eigenvalue weighted by molar-refractivity contribution is -0.314. The van der Waals surface area contributed by atoms with Crippen molar-refractivity contribution in [1.82, 2.24) is 0 Å². The molecule has 0 bridgehead atoms. The molecule has 0 saturated heterocycles. The summed E-state index contributed by atoms with van der Waals surface area (Å²) in [6.07, 6.45) is -10.7. The van der Waals surface area contributed by atoms with Crippen molar-refractivity contribution >= 4 is 0 Å². The average Bonchev–Trinajstić information content (AvgIpc) is 2.09.